The topological polar surface area (TPSA) is 87.2 Å². The molecule has 0 saturated carbocycles. The molecule has 6 heteroatoms. The van der Waals surface area contributed by atoms with Crippen molar-refractivity contribution in [3.63, 3.8) is 0 Å². The molecule has 17 heavy (non-hydrogen) atoms. The van der Waals surface area contributed by atoms with E-state index in [1.807, 2.05) is 13.8 Å². The Morgan fingerprint density at radius 1 is 1.59 bits per heavy atom. The first-order valence-corrected chi connectivity index (χ1v) is 5.58. The second kappa shape index (κ2) is 6.24. The molecular weight excluding hydrogens is 222 g/mol. The molecule has 0 aliphatic carbocycles. The Labute approximate surface area is 100 Å². The minimum Gasteiger partial charge on any atom is -0.489 e. The van der Waals surface area contributed by atoms with Crippen LogP contribution in [-0.4, -0.2) is 34.8 Å². The van der Waals surface area contributed by atoms with Crippen LogP contribution < -0.4 is 15.6 Å². The van der Waals surface area contributed by atoms with Gasteiger partial charge in [-0.2, -0.15) is 0 Å². The number of aliphatic hydroxyl groups excluding tert-OH is 1. The molecule has 0 aliphatic rings. The van der Waals surface area contributed by atoms with Crippen LogP contribution in [0.2, 0.25) is 0 Å². The van der Waals surface area contributed by atoms with Crippen molar-refractivity contribution in [2.24, 2.45) is 5.92 Å². The van der Waals surface area contributed by atoms with Gasteiger partial charge in [-0.05, 0) is 12.3 Å². The van der Waals surface area contributed by atoms with E-state index in [4.69, 9.17) is 4.74 Å². The lowest BCUT2D eigenvalue weighted by Crippen LogP contribution is -2.23. The van der Waals surface area contributed by atoms with Crippen LogP contribution in [0, 0.1) is 5.92 Å². The third kappa shape index (κ3) is 4.07. The molecule has 96 valence electrons. The van der Waals surface area contributed by atoms with Crippen LogP contribution in [0.5, 0.6) is 5.75 Å². The number of nitrogens with zero attached hydrogens (tertiary/aromatic N) is 1. The summed E-state index contributed by atoms with van der Waals surface area (Å²) < 4.78 is 4.94. The maximum atomic E-state index is 11.4. The number of hydrogen-bond donors (Lipinski definition) is 3. The predicted molar refractivity (Wildman–Crippen MR) is 65.4 cm³/mol. The molecule has 1 aromatic heterocycles. The van der Waals surface area contributed by atoms with Crippen molar-refractivity contribution in [1.82, 2.24) is 9.97 Å². The average molecular weight is 241 g/mol. The van der Waals surface area contributed by atoms with Gasteiger partial charge in [0, 0.05) is 6.54 Å². The summed E-state index contributed by atoms with van der Waals surface area (Å²) >= 11 is 0. The summed E-state index contributed by atoms with van der Waals surface area (Å²) in [5, 5.41) is 12.6. The van der Waals surface area contributed by atoms with Gasteiger partial charge in [0.05, 0.1) is 19.5 Å². The molecule has 1 atom stereocenters. The molecule has 1 unspecified atom stereocenters. The first-order valence-electron chi connectivity index (χ1n) is 5.58. The van der Waals surface area contributed by atoms with Crippen molar-refractivity contribution in [3.05, 3.63) is 16.7 Å². The molecule has 3 N–H and O–H groups in total. The molecule has 1 aromatic rings. The SMILES string of the molecule is COc1c(NCC(O)CC(C)C)nc[nH]c1=O. The molecule has 0 saturated heterocycles. The van der Waals surface area contributed by atoms with E-state index in [1.165, 1.54) is 13.4 Å². The van der Waals surface area contributed by atoms with Gasteiger partial charge in [0.2, 0.25) is 5.75 Å². The summed E-state index contributed by atoms with van der Waals surface area (Å²) in [6, 6.07) is 0. The van der Waals surface area contributed by atoms with E-state index in [0.29, 0.717) is 24.7 Å². The molecule has 6 nitrogen and oxygen atoms in total. The highest BCUT2D eigenvalue weighted by molar-refractivity contribution is 5.47. The number of aliphatic hydroxyl groups is 1. The molecule has 1 heterocycles. The number of methoxy groups -OCH3 is 1. The lowest BCUT2D eigenvalue weighted by Gasteiger charge is -2.15. The quantitative estimate of drug-likeness (QED) is 0.678. The predicted octanol–water partition coefficient (Wildman–Crippen LogP) is 0.597. The van der Waals surface area contributed by atoms with Crippen LogP contribution in [0.3, 0.4) is 0 Å². The van der Waals surface area contributed by atoms with Crippen LogP contribution >= 0.6 is 0 Å². The second-order valence-electron chi connectivity index (χ2n) is 4.28. The molecule has 0 amide bonds. The van der Waals surface area contributed by atoms with Crippen molar-refractivity contribution < 1.29 is 9.84 Å². The Kier molecular flexibility index (Phi) is 4.96. The molecule has 0 fully saturated rings. The van der Waals surface area contributed by atoms with Crippen molar-refractivity contribution >= 4 is 5.82 Å². The zero-order valence-corrected chi connectivity index (χ0v) is 10.4. The molecule has 0 aliphatic heterocycles. The second-order valence-corrected chi connectivity index (χ2v) is 4.28. The summed E-state index contributed by atoms with van der Waals surface area (Å²) in [7, 11) is 1.40. The first kappa shape index (κ1) is 13.5. The van der Waals surface area contributed by atoms with E-state index in [-0.39, 0.29) is 11.3 Å². The highest BCUT2D eigenvalue weighted by Crippen LogP contribution is 2.14. The minimum atomic E-state index is -0.471. The Bertz CT molecular complexity index is 403. The van der Waals surface area contributed by atoms with Gasteiger partial charge in [0.15, 0.2) is 5.82 Å². The summed E-state index contributed by atoms with van der Waals surface area (Å²) in [5.41, 5.74) is -0.344. The number of aromatic nitrogens is 2. The van der Waals surface area contributed by atoms with E-state index in [9.17, 15) is 9.90 Å². The Morgan fingerprint density at radius 2 is 2.29 bits per heavy atom. The van der Waals surface area contributed by atoms with E-state index >= 15 is 0 Å². The van der Waals surface area contributed by atoms with Crippen molar-refractivity contribution in [3.8, 4) is 5.75 Å². The Hall–Kier alpha value is -1.56. The van der Waals surface area contributed by atoms with Crippen molar-refractivity contribution in [2.75, 3.05) is 19.0 Å². The zero-order valence-electron chi connectivity index (χ0n) is 10.4. The van der Waals surface area contributed by atoms with Gasteiger partial charge >= 0.3 is 0 Å². The summed E-state index contributed by atoms with van der Waals surface area (Å²) in [5.74, 6) is 0.893. The number of aromatic amines is 1. The van der Waals surface area contributed by atoms with E-state index < -0.39 is 6.10 Å². The van der Waals surface area contributed by atoms with Gasteiger partial charge in [-0.15, -0.1) is 0 Å². The average Bonchev–Trinajstić information content (AvgIpc) is 2.25. The lowest BCUT2D eigenvalue weighted by molar-refractivity contribution is 0.161. The number of ether oxygens (including phenoxy) is 1. The van der Waals surface area contributed by atoms with E-state index in [2.05, 4.69) is 15.3 Å². The van der Waals surface area contributed by atoms with Gasteiger partial charge in [0.25, 0.3) is 5.56 Å². The number of hydrogen-bond acceptors (Lipinski definition) is 5. The monoisotopic (exact) mass is 241 g/mol. The van der Waals surface area contributed by atoms with Crippen molar-refractivity contribution in [1.29, 1.82) is 0 Å². The van der Waals surface area contributed by atoms with Crippen LogP contribution in [0.1, 0.15) is 20.3 Å². The highest BCUT2D eigenvalue weighted by atomic mass is 16.5. The standard InChI is InChI=1S/C11H19N3O3/c1-7(2)4-8(15)5-12-10-9(17-3)11(16)14-6-13-10/h6-8,15H,4-5H2,1-3H3,(H2,12,13,14,16). The van der Waals surface area contributed by atoms with E-state index in [1.54, 1.807) is 0 Å². The Balaban J connectivity index is 2.63. The third-order valence-corrected chi connectivity index (χ3v) is 2.26. The number of rotatable bonds is 6. The van der Waals surface area contributed by atoms with Crippen LogP contribution in [-0.2, 0) is 0 Å². The van der Waals surface area contributed by atoms with Crippen molar-refractivity contribution in [2.45, 2.75) is 26.4 Å². The van der Waals surface area contributed by atoms with Gasteiger partial charge in [0.1, 0.15) is 0 Å². The van der Waals surface area contributed by atoms with Gasteiger partial charge in [-0.25, -0.2) is 4.98 Å². The summed E-state index contributed by atoms with van der Waals surface area (Å²) in [6.45, 7) is 4.41. The molecule has 0 aromatic carbocycles. The number of anilines is 1. The third-order valence-electron chi connectivity index (χ3n) is 2.26. The zero-order chi connectivity index (χ0) is 12.8. The number of nitrogens with one attached hydrogen (secondary N) is 2. The molecule has 0 bridgehead atoms. The van der Waals surface area contributed by atoms with Gasteiger partial charge < -0.3 is 20.1 Å². The normalized spacial score (nSPS) is 12.5. The fourth-order valence-corrected chi connectivity index (χ4v) is 1.54. The molecule has 0 spiro atoms. The summed E-state index contributed by atoms with van der Waals surface area (Å²) in [4.78, 5) is 17.7. The van der Waals surface area contributed by atoms with Crippen LogP contribution in [0.25, 0.3) is 0 Å². The van der Waals surface area contributed by atoms with Gasteiger partial charge in [-0.3, -0.25) is 4.79 Å². The molecular formula is C11H19N3O3. The van der Waals surface area contributed by atoms with Crippen LogP contribution in [0.4, 0.5) is 5.82 Å². The largest absolute Gasteiger partial charge is 0.489 e. The molecule has 1 rings (SSSR count). The maximum Gasteiger partial charge on any atom is 0.295 e. The van der Waals surface area contributed by atoms with E-state index in [0.717, 1.165) is 0 Å². The smallest absolute Gasteiger partial charge is 0.295 e. The van der Waals surface area contributed by atoms with Gasteiger partial charge in [-0.1, -0.05) is 13.8 Å². The van der Waals surface area contributed by atoms with Crippen LogP contribution in [0.15, 0.2) is 11.1 Å². The molecule has 0 radical (unpaired) electrons. The lowest BCUT2D eigenvalue weighted by atomic mass is 10.1. The summed E-state index contributed by atoms with van der Waals surface area (Å²) in [6.07, 6.45) is 1.52. The highest BCUT2D eigenvalue weighted by Gasteiger charge is 2.11. The minimum absolute atomic E-state index is 0.129. The maximum absolute atomic E-state index is 11.4. The fourth-order valence-electron chi connectivity index (χ4n) is 1.54. The Morgan fingerprint density at radius 3 is 2.88 bits per heavy atom. The first-order chi connectivity index (χ1) is 8.04. The number of H-pyrrole nitrogens is 1. The fraction of sp³-hybridized carbons (Fsp3) is 0.636.